The van der Waals surface area contributed by atoms with Gasteiger partial charge in [-0.05, 0) is 38.1 Å². The highest BCUT2D eigenvalue weighted by molar-refractivity contribution is 7.89. The van der Waals surface area contributed by atoms with E-state index in [-0.39, 0.29) is 17.0 Å². The number of nitrogens with zero attached hydrogens (tertiary/aromatic N) is 2. The Morgan fingerprint density at radius 2 is 2.20 bits per heavy atom. The Balaban J connectivity index is 2.00. The fourth-order valence-electron chi connectivity index (χ4n) is 1.89. The average molecular weight is 297 g/mol. The third kappa shape index (κ3) is 3.54. The van der Waals surface area contributed by atoms with Gasteiger partial charge in [-0.3, -0.25) is 0 Å². The van der Waals surface area contributed by atoms with Crippen LogP contribution in [-0.2, 0) is 10.0 Å². The van der Waals surface area contributed by atoms with Crippen LogP contribution >= 0.6 is 0 Å². The normalized spacial score (nSPS) is 15.3. The van der Waals surface area contributed by atoms with Crippen LogP contribution in [0.3, 0.4) is 0 Å². The first-order chi connectivity index (χ1) is 9.44. The summed E-state index contributed by atoms with van der Waals surface area (Å²) in [6.45, 7) is 0.908. The Morgan fingerprint density at radius 1 is 1.50 bits per heavy atom. The molecule has 1 aliphatic carbocycles. The van der Waals surface area contributed by atoms with Crippen molar-refractivity contribution in [1.29, 1.82) is 5.26 Å². The summed E-state index contributed by atoms with van der Waals surface area (Å²) in [4.78, 5) is 2.01. The Morgan fingerprint density at radius 3 is 2.80 bits per heavy atom. The van der Waals surface area contributed by atoms with Gasteiger partial charge in [0.15, 0.2) is 0 Å². The molecule has 7 heteroatoms. The molecule has 0 radical (unpaired) electrons. The van der Waals surface area contributed by atoms with Crippen molar-refractivity contribution in [1.82, 2.24) is 9.62 Å². The van der Waals surface area contributed by atoms with Crippen LogP contribution in [0.4, 0.5) is 4.39 Å². The molecule has 0 aromatic heterocycles. The van der Waals surface area contributed by atoms with Gasteiger partial charge in [0, 0.05) is 19.1 Å². The van der Waals surface area contributed by atoms with E-state index in [1.807, 2.05) is 7.05 Å². The smallest absolute Gasteiger partial charge is 0.240 e. The number of nitrogens with one attached hydrogen (secondary N) is 1. The summed E-state index contributed by atoms with van der Waals surface area (Å²) >= 11 is 0. The molecule has 0 heterocycles. The van der Waals surface area contributed by atoms with Crippen LogP contribution in [0, 0.1) is 17.1 Å². The second-order valence-electron chi connectivity index (χ2n) is 4.86. The summed E-state index contributed by atoms with van der Waals surface area (Å²) in [5.74, 6) is -0.722. The SMILES string of the molecule is CN(CCNS(=O)(=O)c1ccc(F)c(C#N)c1)C1CC1. The second kappa shape index (κ2) is 5.87. The largest absolute Gasteiger partial charge is 0.302 e. The van der Waals surface area contributed by atoms with Gasteiger partial charge in [0.1, 0.15) is 11.9 Å². The molecule has 1 fully saturated rings. The van der Waals surface area contributed by atoms with Crippen LogP contribution < -0.4 is 4.72 Å². The predicted octanol–water partition coefficient (Wildman–Crippen LogP) is 1.07. The number of halogens is 1. The van der Waals surface area contributed by atoms with Gasteiger partial charge < -0.3 is 4.90 Å². The minimum Gasteiger partial charge on any atom is -0.302 e. The van der Waals surface area contributed by atoms with Crippen LogP contribution in [0.25, 0.3) is 0 Å². The first-order valence-corrected chi connectivity index (χ1v) is 7.82. The summed E-state index contributed by atoms with van der Waals surface area (Å²) in [7, 11) is -1.75. The minimum atomic E-state index is -3.71. The summed E-state index contributed by atoms with van der Waals surface area (Å²) in [5, 5.41) is 8.71. The molecule has 0 aliphatic heterocycles. The van der Waals surface area contributed by atoms with E-state index in [0.717, 1.165) is 31.0 Å². The number of sulfonamides is 1. The van der Waals surface area contributed by atoms with Crippen molar-refractivity contribution in [3.8, 4) is 6.07 Å². The Bertz CT molecular complexity index is 636. The van der Waals surface area contributed by atoms with Crippen molar-refractivity contribution in [2.24, 2.45) is 0 Å². The first-order valence-electron chi connectivity index (χ1n) is 6.33. The first kappa shape index (κ1) is 14.9. The highest BCUT2D eigenvalue weighted by Crippen LogP contribution is 2.24. The Kier molecular flexibility index (Phi) is 4.38. The third-order valence-corrected chi connectivity index (χ3v) is 4.75. The fourth-order valence-corrected chi connectivity index (χ4v) is 2.94. The summed E-state index contributed by atoms with van der Waals surface area (Å²) in [6.07, 6.45) is 2.32. The van der Waals surface area contributed by atoms with Gasteiger partial charge in [-0.1, -0.05) is 0 Å². The van der Waals surface area contributed by atoms with E-state index in [9.17, 15) is 12.8 Å². The van der Waals surface area contributed by atoms with Crippen molar-refractivity contribution in [2.45, 2.75) is 23.8 Å². The van der Waals surface area contributed by atoms with Crippen LogP contribution in [0.15, 0.2) is 23.1 Å². The Labute approximate surface area is 118 Å². The van der Waals surface area contributed by atoms with Crippen LogP contribution in [0.2, 0.25) is 0 Å². The zero-order valence-electron chi connectivity index (χ0n) is 11.1. The quantitative estimate of drug-likeness (QED) is 0.852. The lowest BCUT2D eigenvalue weighted by atomic mass is 10.2. The molecular weight excluding hydrogens is 281 g/mol. The molecule has 1 saturated carbocycles. The van der Waals surface area contributed by atoms with Gasteiger partial charge in [-0.25, -0.2) is 17.5 Å². The molecule has 0 bridgehead atoms. The number of likely N-dealkylation sites (N-methyl/N-ethyl adjacent to an activating group) is 1. The van der Waals surface area contributed by atoms with Gasteiger partial charge in [0.25, 0.3) is 0 Å². The molecule has 0 amide bonds. The van der Waals surface area contributed by atoms with E-state index in [1.54, 1.807) is 6.07 Å². The van der Waals surface area contributed by atoms with Crippen molar-refractivity contribution < 1.29 is 12.8 Å². The highest BCUT2D eigenvalue weighted by atomic mass is 32.2. The van der Waals surface area contributed by atoms with Crippen LogP contribution in [0.5, 0.6) is 0 Å². The minimum absolute atomic E-state index is 0.0930. The molecule has 1 N–H and O–H groups in total. The van der Waals surface area contributed by atoms with E-state index in [0.29, 0.717) is 12.6 Å². The van der Waals surface area contributed by atoms with Crippen molar-refractivity contribution >= 4 is 10.0 Å². The molecule has 1 aliphatic rings. The number of nitriles is 1. The van der Waals surface area contributed by atoms with Gasteiger partial charge in [0.2, 0.25) is 10.0 Å². The van der Waals surface area contributed by atoms with Gasteiger partial charge >= 0.3 is 0 Å². The summed E-state index contributed by atoms with van der Waals surface area (Å²) in [5.41, 5.74) is -0.275. The molecule has 0 saturated heterocycles. The lowest BCUT2D eigenvalue weighted by molar-refractivity contribution is 0.329. The second-order valence-corrected chi connectivity index (χ2v) is 6.63. The maximum atomic E-state index is 13.2. The lowest BCUT2D eigenvalue weighted by Crippen LogP contribution is -2.34. The van der Waals surface area contributed by atoms with Gasteiger partial charge in [-0.15, -0.1) is 0 Å². The molecule has 108 valence electrons. The summed E-state index contributed by atoms with van der Waals surface area (Å²) in [6, 6.07) is 5.38. The molecule has 1 aromatic rings. The highest BCUT2D eigenvalue weighted by Gasteiger charge is 2.26. The van der Waals surface area contributed by atoms with Crippen molar-refractivity contribution in [3.63, 3.8) is 0 Å². The zero-order chi connectivity index (χ0) is 14.8. The predicted molar refractivity (Wildman–Crippen MR) is 72.0 cm³/mol. The maximum Gasteiger partial charge on any atom is 0.240 e. The van der Waals surface area contributed by atoms with Crippen LogP contribution in [-0.4, -0.2) is 39.5 Å². The summed E-state index contributed by atoms with van der Waals surface area (Å²) < 4.78 is 39.7. The maximum absolute atomic E-state index is 13.2. The molecule has 0 spiro atoms. The van der Waals surface area contributed by atoms with Crippen molar-refractivity contribution in [3.05, 3.63) is 29.6 Å². The standard InChI is InChI=1S/C13H16FN3O2S/c1-17(11-2-3-11)7-6-16-20(18,19)12-4-5-13(14)10(8-12)9-15/h4-5,8,11,16H,2-3,6-7H2,1H3. The Hall–Kier alpha value is -1.49. The fraction of sp³-hybridized carbons (Fsp3) is 0.462. The van der Waals surface area contributed by atoms with Gasteiger partial charge in [0.05, 0.1) is 10.5 Å². The van der Waals surface area contributed by atoms with Crippen LogP contribution in [0.1, 0.15) is 18.4 Å². The lowest BCUT2D eigenvalue weighted by Gasteiger charge is -2.15. The molecule has 5 nitrogen and oxygen atoms in total. The van der Waals surface area contributed by atoms with E-state index in [1.165, 1.54) is 0 Å². The molecule has 2 rings (SSSR count). The molecule has 0 atom stereocenters. The molecule has 0 unspecified atom stereocenters. The van der Waals surface area contributed by atoms with E-state index in [4.69, 9.17) is 5.26 Å². The average Bonchev–Trinajstić information content (AvgIpc) is 3.23. The molecular formula is C13H16FN3O2S. The van der Waals surface area contributed by atoms with E-state index < -0.39 is 15.8 Å². The monoisotopic (exact) mass is 297 g/mol. The number of rotatable bonds is 6. The van der Waals surface area contributed by atoms with E-state index in [2.05, 4.69) is 9.62 Å². The van der Waals surface area contributed by atoms with Gasteiger partial charge in [-0.2, -0.15) is 5.26 Å². The number of hydrogen-bond donors (Lipinski definition) is 1. The van der Waals surface area contributed by atoms with E-state index >= 15 is 0 Å². The number of hydrogen-bond acceptors (Lipinski definition) is 4. The third-order valence-electron chi connectivity index (χ3n) is 3.30. The molecule has 20 heavy (non-hydrogen) atoms. The van der Waals surface area contributed by atoms with Crippen molar-refractivity contribution in [2.75, 3.05) is 20.1 Å². The molecule has 1 aromatic carbocycles. The zero-order valence-corrected chi connectivity index (χ0v) is 12.0. The topological polar surface area (TPSA) is 73.2 Å². The number of benzene rings is 1.